The number of carbonyl (C=O) groups is 1. The summed E-state index contributed by atoms with van der Waals surface area (Å²) in [6.07, 6.45) is 0. The van der Waals surface area contributed by atoms with Gasteiger partial charge in [0.05, 0.1) is 17.7 Å². The van der Waals surface area contributed by atoms with Gasteiger partial charge in [-0.3, -0.25) is 9.10 Å². The lowest BCUT2D eigenvalue weighted by Gasteiger charge is -2.23. The zero-order valence-electron chi connectivity index (χ0n) is 12.7. The molecule has 0 aromatic heterocycles. The summed E-state index contributed by atoms with van der Waals surface area (Å²) in [5, 5.41) is 8.94. The first-order valence-corrected chi connectivity index (χ1v) is 8.14. The van der Waals surface area contributed by atoms with Crippen LogP contribution in [0.1, 0.15) is 0 Å². The fourth-order valence-corrected chi connectivity index (χ4v) is 3.48. The summed E-state index contributed by atoms with van der Waals surface area (Å²) in [5.74, 6) is -5.06. The van der Waals surface area contributed by atoms with E-state index < -0.39 is 50.6 Å². The minimum Gasteiger partial charge on any atom is -0.494 e. The number of rotatable bonds is 6. The molecule has 0 atom stereocenters. The second-order valence-corrected chi connectivity index (χ2v) is 6.66. The van der Waals surface area contributed by atoms with Crippen LogP contribution in [0.15, 0.2) is 41.3 Å². The van der Waals surface area contributed by atoms with Crippen LogP contribution in [0.5, 0.6) is 5.75 Å². The molecule has 2 rings (SSSR count). The van der Waals surface area contributed by atoms with E-state index in [1.807, 2.05) is 0 Å². The van der Waals surface area contributed by atoms with Crippen molar-refractivity contribution in [3.63, 3.8) is 0 Å². The Bertz CT molecular complexity index is 917. The lowest BCUT2D eigenvalue weighted by atomic mass is 10.3. The van der Waals surface area contributed by atoms with Crippen LogP contribution in [0.2, 0.25) is 0 Å². The molecule has 0 spiro atoms. The second kappa shape index (κ2) is 7.01. The van der Waals surface area contributed by atoms with E-state index in [0.29, 0.717) is 12.1 Å². The normalized spacial score (nSPS) is 11.2. The fraction of sp³-hybridized carbons (Fsp3) is 0.133. The monoisotopic (exact) mass is 375 g/mol. The van der Waals surface area contributed by atoms with E-state index in [0.717, 1.165) is 24.3 Å². The Labute approximate surface area is 141 Å². The third-order valence-electron chi connectivity index (χ3n) is 3.17. The van der Waals surface area contributed by atoms with Gasteiger partial charge in [-0.1, -0.05) is 0 Å². The summed E-state index contributed by atoms with van der Waals surface area (Å²) in [6.45, 7) is -1.14. The van der Waals surface area contributed by atoms with Crippen molar-refractivity contribution in [2.24, 2.45) is 0 Å². The van der Waals surface area contributed by atoms with Gasteiger partial charge in [0.25, 0.3) is 10.0 Å². The smallest absolute Gasteiger partial charge is 0.324 e. The predicted molar refractivity (Wildman–Crippen MR) is 81.5 cm³/mol. The Morgan fingerprint density at radius 3 is 2.32 bits per heavy atom. The van der Waals surface area contributed by atoms with Crippen molar-refractivity contribution in [3.05, 3.63) is 53.8 Å². The SMILES string of the molecule is COc1ccc(S(=O)(=O)N(CC(=O)O)c2ccc(F)cc2F)cc1F. The minimum atomic E-state index is -4.64. The van der Waals surface area contributed by atoms with Crippen LogP contribution in [-0.4, -0.2) is 33.1 Å². The number of ether oxygens (including phenoxy) is 1. The molecule has 0 fully saturated rings. The van der Waals surface area contributed by atoms with Crippen molar-refractivity contribution in [1.29, 1.82) is 0 Å². The van der Waals surface area contributed by atoms with Crippen molar-refractivity contribution >= 4 is 21.7 Å². The third-order valence-corrected chi connectivity index (χ3v) is 4.92. The molecule has 0 aliphatic carbocycles. The number of sulfonamides is 1. The van der Waals surface area contributed by atoms with Gasteiger partial charge in [-0.05, 0) is 30.3 Å². The largest absolute Gasteiger partial charge is 0.494 e. The van der Waals surface area contributed by atoms with Gasteiger partial charge in [0.15, 0.2) is 11.6 Å². The molecule has 1 N–H and O–H groups in total. The van der Waals surface area contributed by atoms with Gasteiger partial charge in [-0.2, -0.15) is 0 Å². The van der Waals surface area contributed by atoms with Gasteiger partial charge in [0.1, 0.15) is 18.2 Å². The Hall–Kier alpha value is -2.75. The van der Waals surface area contributed by atoms with Crippen molar-refractivity contribution in [2.75, 3.05) is 18.0 Å². The Morgan fingerprint density at radius 1 is 1.12 bits per heavy atom. The van der Waals surface area contributed by atoms with Crippen LogP contribution in [0.4, 0.5) is 18.9 Å². The third kappa shape index (κ3) is 3.85. The maximum Gasteiger partial charge on any atom is 0.324 e. The summed E-state index contributed by atoms with van der Waals surface area (Å²) in [5.41, 5.74) is -0.681. The molecular formula is C15H12F3NO5S. The zero-order valence-corrected chi connectivity index (χ0v) is 13.6. The summed E-state index contributed by atoms with van der Waals surface area (Å²) >= 11 is 0. The van der Waals surface area contributed by atoms with Gasteiger partial charge in [-0.15, -0.1) is 0 Å². The maximum atomic E-state index is 14.0. The van der Waals surface area contributed by atoms with Crippen molar-refractivity contribution in [3.8, 4) is 5.75 Å². The maximum absolute atomic E-state index is 14.0. The highest BCUT2D eigenvalue weighted by Gasteiger charge is 2.30. The summed E-state index contributed by atoms with van der Waals surface area (Å²) in [4.78, 5) is 10.4. The average Bonchev–Trinajstić information content (AvgIpc) is 2.52. The van der Waals surface area contributed by atoms with Crippen LogP contribution < -0.4 is 9.04 Å². The molecule has 0 bridgehead atoms. The molecule has 2 aromatic carbocycles. The van der Waals surface area contributed by atoms with E-state index in [1.54, 1.807) is 0 Å². The molecule has 0 aliphatic rings. The standard InChI is InChI=1S/C15H12F3NO5S/c1-24-14-5-3-10(7-12(14)18)25(22,23)19(8-15(20)21)13-4-2-9(16)6-11(13)17/h2-7H,8H2,1H3,(H,20,21). The first kappa shape index (κ1) is 18.6. The molecule has 0 saturated heterocycles. The van der Waals surface area contributed by atoms with E-state index in [4.69, 9.17) is 5.11 Å². The fourth-order valence-electron chi connectivity index (χ4n) is 2.04. The predicted octanol–water partition coefficient (Wildman–Crippen LogP) is 2.39. The van der Waals surface area contributed by atoms with Crippen LogP contribution >= 0.6 is 0 Å². The van der Waals surface area contributed by atoms with Crippen LogP contribution in [0, 0.1) is 17.5 Å². The minimum absolute atomic E-state index is 0.214. The molecule has 0 saturated carbocycles. The molecule has 6 nitrogen and oxygen atoms in total. The molecule has 25 heavy (non-hydrogen) atoms. The quantitative estimate of drug-likeness (QED) is 0.838. The molecule has 0 amide bonds. The first-order chi connectivity index (χ1) is 11.7. The summed E-state index contributed by atoms with van der Waals surface area (Å²) in [6, 6.07) is 4.59. The number of carboxylic acid groups (broad SMARTS) is 1. The molecule has 0 aliphatic heterocycles. The van der Waals surface area contributed by atoms with Crippen molar-refractivity contribution in [2.45, 2.75) is 4.90 Å². The number of methoxy groups -OCH3 is 1. The van der Waals surface area contributed by atoms with E-state index in [9.17, 15) is 26.4 Å². The summed E-state index contributed by atoms with van der Waals surface area (Å²) < 4.78 is 71.0. The number of carboxylic acids is 1. The lowest BCUT2D eigenvalue weighted by Crippen LogP contribution is -2.36. The van der Waals surface area contributed by atoms with Gasteiger partial charge >= 0.3 is 5.97 Å². The zero-order chi connectivity index (χ0) is 18.8. The molecule has 134 valence electrons. The Balaban J connectivity index is 2.60. The average molecular weight is 375 g/mol. The number of halogens is 3. The lowest BCUT2D eigenvalue weighted by molar-refractivity contribution is -0.135. The van der Waals surface area contributed by atoms with Crippen LogP contribution in [0.3, 0.4) is 0 Å². The van der Waals surface area contributed by atoms with E-state index in [-0.39, 0.29) is 10.1 Å². The number of aliphatic carboxylic acids is 1. The number of benzene rings is 2. The Morgan fingerprint density at radius 2 is 1.80 bits per heavy atom. The molecule has 0 unspecified atom stereocenters. The van der Waals surface area contributed by atoms with Crippen molar-refractivity contribution in [1.82, 2.24) is 0 Å². The highest BCUT2D eigenvalue weighted by molar-refractivity contribution is 7.92. The number of nitrogens with zero attached hydrogens (tertiary/aromatic N) is 1. The van der Waals surface area contributed by atoms with Crippen LogP contribution in [0.25, 0.3) is 0 Å². The summed E-state index contributed by atoms with van der Waals surface area (Å²) in [7, 11) is -3.46. The highest BCUT2D eigenvalue weighted by Crippen LogP contribution is 2.28. The molecule has 10 heteroatoms. The molecule has 0 radical (unpaired) electrons. The molecule has 2 aromatic rings. The van der Waals surface area contributed by atoms with Gasteiger partial charge in [0.2, 0.25) is 0 Å². The molecular weight excluding hydrogens is 363 g/mol. The topological polar surface area (TPSA) is 83.9 Å². The van der Waals surface area contributed by atoms with Gasteiger partial charge < -0.3 is 9.84 Å². The van der Waals surface area contributed by atoms with E-state index >= 15 is 0 Å². The number of anilines is 1. The van der Waals surface area contributed by atoms with Crippen LogP contribution in [-0.2, 0) is 14.8 Å². The highest BCUT2D eigenvalue weighted by atomic mass is 32.2. The number of hydrogen-bond acceptors (Lipinski definition) is 4. The van der Waals surface area contributed by atoms with Gasteiger partial charge in [0, 0.05) is 6.07 Å². The van der Waals surface area contributed by atoms with E-state index in [1.165, 1.54) is 7.11 Å². The number of hydrogen-bond donors (Lipinski definition) is 1. The second-order valence-electron chi connectivity index (χ2n) is 4.80. The Kier molecular flexibility index (Phi) is 5.21. The van der Waals surface area contributed by atoms with E-state index in [2.05, 4.69) is 4.74 Å². The van der Waals surface area contributed by atoms with Gasteiger partial charge in [-0.25, -0.2) is 21.6 Å². The first-order valence-electron chi connectivity index (χ1n) is 6.70. The molecule has 0 heterocycles. The van der Waals surface area contributed by atoms with Crippen molar-refractivity contribution < 1.29 is 36.2 Å².